The van der Waals surface area contributed by atoms with Crippen molar-refractivity contribution in [2.45, 2.75) is 31.8 Å². The van der Waals surface area contributed by atoms with E-state index in [4.69, 9.17) is 15.7 Å². The fourth-order valence-corrected chi connectivity index (χ4v) is 1.60. The molecule has 0 saturated carbocycles. The number of hydrogen-bond acceptors (Lipinski definition) is 4. The molecule has 1 heterocycles. The van der Waals surface area contributed by atoms with Crippen molar-refractivity contribution in [1.29, 1.82) is 5.26 Å². The van der Waals surface area contributed by atoms with E-state index < -0.39 is 17.6 Å². The molecule has 0 aliphatic heterocycles. The average molecular weight is 259 g/mol. The summed E-state index contributed by atoms with van der Waals surface area (Å²) in [5.41, 5.74) is 5.76. The van der Waals surface area contributed by atoms with Crippen LogP contribution in [0.4, 0.5) is 4.79 Å². The summed E-state index contributed by atoms with van der Waals surface area (Å²) in [7, 11) is 0. The number of aromatic nitrogens is 1. The minimum absolute atomic E-state index is 0.409. The number of carbonyl (C=O) groups is 1. The third-order valence-electron chi connectivity index (χ3n) is 2.75. The highest BCUT2D eigenvalue weighted by Crippen LogP contribution is 2.26. The summed E-state index contributed by atoms with van der Waals surface area (Å²) in [6, 6.07) is 5.73. The van der Waals surface area contributed by atoms with Crippen molar-refractivity contribution in [3.05, 3.63) is 42.2 Å². The normalized spacial score (nSPS) is 12.3. The molecule has 1 amide bonds. The SMILES string of the molecule is C=CCC(OC(N)=O)c1cc(C(C)(C)C#N)ccn1. The lowest BCUT2D eigenvalue weighted by atomic mass is 9.86. The molecule has 1 rings (SSSR count). The van der Waals surface area contributed by atoms with Gasteiger partial charge in [-0.25, -0.2) is 4.79 Å². The van der Waals surface area contributed by atoms with Gasteiger partial charge in [0.25, 0.3) is 0 Å². The summed E-state index contributed by atoms with van der Waals surface area (Å²) < 4.78 is 5.00. The lowest BCUT2D eigenvalue weighted by molar-refractivity contribution is 0.106. The maximum Gasteiger partial charge on any atom is 0.405 e. The van der Waals surface area contributed by atoms with Crippen LogP contribution in [0.3, 0.4) is 0 Å². The Kier molecular flexibility index (Phi) is 4.65. The van der Waals surface area contributed by atoms with Gasteiger partial charge in [-0.1, -0.05) is 6.08 Å². The van der Waals surface area contributed by atoms with Gasteiger partial charge in [-0.05, 0) is 31.5 Å². The van der Waals surface area contributed by atoms with Crippen molar-refractivity contribution in [3.8, 4) is 6.07 Å². The van der Waals surface area contributed by atoms with Crippen LogP contribution in [-0.2, 0) is 10.2 Å². The van der Waals surface area contributed by atoms with Crippen LogP contribution >= 0.6 is 0 Å². The van der Waals surface area contributed by atoms with Gasteiger partial charge < -0.3 is 10.5 Å². The summed E-state index contributed by atoms with van der Waals surface area (Å²) in [5, 5.41) is 9.13. The van der Waals surface area contributed by atoms with Crippen LogP contribution in [0, 0.1) is 11.3 Å². The highest BCUT2D eigenvalue weighted by atomic mass is 16.6. The summed E-state index contributed by atoms with van der Waals surface area (Å²) in [6.07, 6.45) is 2.18. The number of amides is 1. The van der Waals surface area contributed by atoms with Gasteiger partial charge in [0.1, 0.15) is 6.10 Å². The van der Waals surface area contributed by atoms with E-state index >= 15 is 0 Å². The number of nitrogens with zero attached hydrogens (tertiary/aromatic N) is 2. The molecule has 0 spiro atoms. The highest BCUT2D eigenvalue weighted by Gasteiger charge is 2.22. The molecular weight excluding hydrogens is 242 g/mol. The Morgan fingerprint density at radius 3 is 2.95 bits per heavy atom. The highest BCUT2D eigenvalue weighted by molar-refractivity contribution is 5.65. The molecule has 0 bridgehead atoms. The largest absolute Gasteiger partial charge is 0.440 e. The first-order valence-corrected chi connectivity index (χ1v) is 5.85. The van der Waals surface area contributed by atoms with E-state index in [-0.39, 0.29) is 0 Å². The van der Waals surface area contributed by atoms with Gasteiger partial charge in [0.15, 0.2) is 0 Å². The first-order chi connectivity index (χ1) is 8.90. The summed E-state index contributed by atoms with van der Waals surface area (Å²) in [4.78, 5) is 15.1. The van der Waals surface area contributed by atoms with Crippen molar-refractivity contribution in [2.75, 3.05) is 0 Å². The van der Waals surface area contributed by atoms with Crippen LogP contribution < -0.4 is 5.73 Å². The zero-order chi connectivity index (χ0) is 14.5. The van der Waals surface area contributed by atoms with Crippen LogP contribution in [0.25, 0.3) is 0 Å². The van der Waals surface area contributed by atoms with E-state index in [9.17, 15) is 4.79 Å². The molecule has 0 fully saturated rings. The van der Waals surface area contributed by atoms with Gasteiger partial charge in [-0.3, -0.25) is 4.98 Å². The zero-order valence-electron chi connectivity index (χ0n) is 11.1. The van der Waals surface area contributed by atoms with Crippen molar-refractivity contribution >= 4 is 6.09 Å². The number of carbonyl (C=O) groups excluding carboxylic acids is 1. The molecule has 100 valence electrons. The predicted molar refractivity (Wildman–Crippen MR) is 71.1 cm³/mol. The number of primary amides is 1. The van der Waals surface area contributed by atoms with Crippen molar-refractivity contribution in [3.63, 3.8) is 0 Å². The number of nitrogens with two attached hydrogens (primary N) is 1. The molecule has 1 aromatic rings. The summed E-state index contributed by atoms with van der Waals surface area (Å²) in [5.74, 6) is 0. The fraction of sp³-hybridized carbons (Fsp3) is 0.357. The van der Waals surface area contributed by atoms with Gasteiger partial charge in [0.2, 0.25) is 0 Å². The van der Waals surface area contributed by atoms with Gasteiger partial charge in [-0.15, -0.1) is 6.58 Å². The molecule has 0 aliphatic rings. The number of rotatable bonds is 5. The smallest absolute Gasteiger partial charge is 0.405 e. The standard InChI is InChI=1S/C14H17N3O2/c1-4-5-12(19-13(16)18)11-8-10(6-7-17-11)14(2,3)9-15/h4,6-8,12H,1,5H2,2-3H3,(H2,16,18). The minimum atomic E-state index is -0.862. The van der Waals surface area contributed by atoms with E-state index in [2.05, 4.69) is 17.6 Å². The molecule has 1 aromatic heterocycles. The monoisotopic (exact) mass is 259 g/mol. The van der Waals surface area contributed by atoms with E-state index in [0.717, 1.165) is 5.56 Å². The van der Waals surface area contributed by atoms with Crippen molar-refractivity contribution < 1.29 is 9.53 Å². The molecule has 0 aliphatic carbocycles. The second kappa shape index (κ2) is 6.01. The summed E-state index contributed by atoms with van der Waals surface area (Å²) in [6.45, 7) is 7.23. The van der Waals surface area contributed by atoms with E-state index in [1.165, 1.54) is 0 Å². The van der Waals surface area contributed by atoms with Gasteiger partial charge >= 0.3 is 6.09 Å². The van der Waals surface area contributed by atoms with Crippen LogP contribution in [0.15, 0.2) is 31.0 Å². The molecule has 0 radical (unpaired) electrons. The quantitative estimate of drug-likeness (QED) is 0.823. The lowest BCUT2D eigenvalue weighted by Crippen LogP contribution is -2.19. The Morgan fingerprint density at radius 1 is 1.74 bits per heavy atom. The minimum Gasteiger partial charge on any atom is -0.440 e. The predicted octanol–water partition coefficient (Wildman–Crippen LogP) is 2.60. The summed E-state index contributed by atoms with van der Waals surface area (Å²) >= 11 is 0. The van der Waals surface area contributed by atoms with Crippen LogP contribution in [-0.4, -0.2) is 11.1 Å². The Bertz CT molecular complexity index is 518. The van der Waals surface area contributed by atoms with Crippen molar-refractivity contribution in [2.24, 2.45) is 5.73 Å². The molecule has 1 atom stereocenters. The molecule has 5 heteroatoms. The Labute approximate surface area is 112 Å². The third kappa shape index (κ3) is 3.81. The molecular formula is C14H17N3O2. The number of pyridine rings is 1. The fourth-order valence-electron chi connectivity index (χ4n) is 1.60. The van der Waals surface area contributed by atoms with Gasteiger partial charge in [-0.2, -0.15) is 5.26 Å². The maximum atomic E-state index is 10.9. The molecule has 5 nitrogen and oxygen atoms in total. The topological polar surface area (TPSA) is 89.0 Å². The van der Waals surface area contributed by atoms with Crippen LogP contribution in [0.5, 0.6) is 0 Å². The Hall–Kier alpha value is -2.35. The average Bonchev–Trinajstić information content (AvgIpc) is 2.38. The van der Waals surface area contributed by atoms with Crippen LogP contribution in [0.2, 0.25) is 0 Å². The maximum absolute atomic E-state index is 10.9. The Morgan fingerprint density at radius 2 is 2.42 bits per heavy atom. The van der Waals surface area contributed by atoms with Crippen molar-refractivity contribution in [1.82, 2.24) is 4.98 Å². The number of ether oxygens (including phenoxy) is 1. The number of nitriles is 1. The van der Waals surface area contributed by atoms with Crippen LogP contribution in [0.1, 0.15) is 37.6 Å². The van der Waals surface area contributed by atoms with Gasteiger partial charge in [0, 0.05) is 12.6 Å². The second-order valence-corrected chi connectivity index (χ2v) is 4.66. The van der Waals surface area contributed by atoms with E-state index in [0.29, 0.717) is 12.1 Å². The lowest BCUT2D eigenvalue weighted by Gasteiger charge is -2.19. The van der Waals surface area contributed by atoms with Gasteiger partial charge in [0.05, 0.1) is 17.2 Å². The van der Waals surface area contributed by atoms with E-state index in [1.807, 2.05) is 13.8 Å². The first-order valence-electron chi connectivity index (χ1n) is 5.85. The molecule has 0 aromatic carbocycles. The number of hydrogen-bond donors (Lipinski definition) is 1. The molecule has 2 N–H and O–H groups in total. The molecule has 19 heavy (non-hydrogen) atoms. The molecule has 0 saturated heterocycles. The first kappa shape index (κ1) is 14.7. The zero-order valence-corrected chi connectivity index (χ0v) is 11.1. The Balaban J connectivity index is 3.12. The molecule has 1 unspecified atom stereocenters. The second-order valence-electron chi connectivity index (χ2n) is 4.66. The van der Waals surface area contributed by atoms with E-state index in [1.54, 1.807) is 24.4 Å². The third-order valence-corrected chi connectivity index (χ3v) is 2.75.